The zero-order valence-corrected chi connectivity index (χ0v) is 25.2. The highest BCUT2D eigenvalue weighted by atomic mass is 35.6. The smallest absolute Gasteiger partial charge is 0.246 e. The van der Waals surface area contributed by atoms with Crippen molar-refractivity contribution in [3.05, 3.63) is 41.4 Å². The molecule has 1 unspecified atom stereocenters. The van der Waals surface area contributed by atoms with Crippen molar-refractivity contribution >= 4 is 63.1 Å². The van der Waals surface area contributed by atoms with Gasteiger partial charge in [-0.1, -0.05) is 167 Å². The van der Waals surface area contributed by atoms with Crippen LogP contribution in [0.3, 0.4) is 0 Å². The molecule has 0 saturated heterocycles. The minimum atomic E-state index is -1.83. The predicted molar refractivity (Wildman–Crippen MR) is 161 cm³/mol. The van der Waals surface area contributed by atoms with Gasteiger partial charge in [0, 0.05) is 22.2 Å². The summed E-state index contributed by atoms with van der Waals surface area (Å²) in [5, 5.41) is 4.96. The van der Waals surface area contributed by atoms with Crippen LogP contribution in [-0.2, 0) is 4.79 Å². The second kappa shape index (κ2) is 18.4. The maximum absolute atomic E-state index is 12.6. The highest BCUT2D eigenvalue weighted by molar-refractivity contribution is 6.68. The van der Waals surface area contributed by atoms with Crippen LogP contribution in [0.4, 0.5) is 0 Å². The molecule has 0 bridgehead atoms. The average Bonchev–Trinajstić information content (AvgIpc) is 2.87. The minimum Gasteiger partial charge on any atom is -0.465 e. The topological polar surface area (TPSA) is 38.3 Å². The van der Waals surface area contributed by atoms with Crippen LogP contribution in [0, 0.1) is 0 Å². The first-order valence-electron chi connectivity index (χ1n) is 14.0. The number of rotatable bonds is 19. The van der Waals surface area contributed by atoms with E-state index in [2.05, 4.69) is 12.2 Å². The van der Waals surface area contributed by atoms with Crippen molar-refractivity contribution in [2.75, 3.05) is 0 Å². The Morgan fingerprint density at radius 1 is 0.757 bits per heavy atom. The summed E-state index contributed by atoms with van der Waals surface area (Å²) in [5.74, 6) is 0.299. The summed E-state index contributed by atoms with van der Waals surface area (Å²) in [7, 11) is 0. The largest absolute Gasteiger partial charge is 0.465 e. The Kier molecular flexibility index (Phi) is 16.1. The standard InChI is InChI=1S/C30H43Cl4NO2/c1-2-3-4-5-6-7-8-9-10-11-12-13-14-15-16-21-28(36)35-29(30(32,33)34)37-27-23-22-26(31)24-19-17-18-20-25(24)27/h17-20,22-23,29H,2-16,21H2,1H3,(H,35,36). The van der Waals surface area contributed by atoms with Crippen molar-refractivity contribution in [2.45, 2.75) is 120 Å². The molecule has 0 aliphatic carbocycles. The molecule has 1 atom stereocenters. The van der Waals surface area contributed by atoms with Crippen LogP contribution in [-0.4, -0.2) is 15.9 Å². The van der Waals surface area contributed by atoms with Gasteiger partial charge in [-0.25, -0.2) is 0 Å². The molecular formula is C30H43Cl4NO2. The number of halogens is 4. The van der Waals surface area contributed by atoms with Crippen LogP contribution < -0.4 is 10.1 Å². The lowest BCUT2D eigenvalue weighted by atomic mass is 10.0. The molecule has 0 spiro atoms. The van der Waals surface area contributed by atoms with Gasteiger partial charge in [-0.2, -0.15) is 0 Å². The number of amides is 1. The van der Waals surface area contributed by atoms with Gasteiger partial charge in [0.25, 0.3) is 0 Å². The molecule has 2 aromatic carbocycles. The maximum Gasteiger partial charge on any atom is 0.246 e. The molecule has 1 amide bonds. The number of benzene rings is 2. The number of unbranched alkanes of at least 4 members (excludes halogenated alkanes) is 14. The van der Waals surface area contributed by atoms with Crippen molar-refractivity contribution in [3.63, 3.8) is 0 Å². The van der Waals surface area contributed by atoms with E-state index < -0.39 is 10.0 Å². The average molecular weight is 591 g/mol. The Balaban J connectivity index is 1.60. The molecule has 0 aromatic heterocycles. The van der Waals surface area contributed by atoms with Crippen LogP contribution in [0.1, 0.15) is 110 Å². The Hall–Kier alpha value is -0.870. The zero-order chi connectivity index (χ0) is 26.9. The van der Waals surface area contributed by atoms with E-state index in [1.54, 1.807) is 12.1 Å². The van der Waals surface area contributed by atoms with Crippen LogP contribution in [0.25, 0.3) is 10.8 Å². The van der Waals surface area contributed by atoms with E-state index in [1.807, 2.05) is 24.3 Å². The van der Waals surface area contributed by atoms with E-state index in [-0.39, 0.29) is 5.91 Å². The first kappa shape index (κ1) is 32.3. The van der Waals surface area contributed by atoms with Crippen LogP contribution in [0.5, 0.6) is 5.75 Å². The summed E-state index contributed by atoms with van der Waals surface area (Å²) in [6.45, 7) is 2.27. The van der Waals surface area contributed by atoms with Crippen molar-refractivity contribution in [1.29, 1.82) is 0 Å². The third-order valence-corrected chi connectivity index (χ3v) is 7.60. The highest BCUT2D eigenvalue weighted by Crippen LogP contribution is 2.36. The third kappa shape index (κ3) is 13.2. The van der Waals surface area contributed by atoms with Crippen LogP contribution >= 0.6 is 46.4 Å². The van der Waals surface area contributed by atoms with Gasteiger partial charge < -0.3 is 10.1 Å². The molecule has 0 heterocycles. The zero-order valence-electron chi connectivity index (χ0n) is 22.2. The van der Waals surface area contributed by atoms with Gasteiger partial charge in [-0.15, -0.1) is 0 Å². The van der Waals surface area contributed by atoms with Gasteiger partial charge in [0.2, 0.25) is 15.9 Å². The normalized spacial score (nSPS) is 12.6. The number of hydrogen-bond donors (Lipinski definition) is 1. The third-order valence-electron chi connectivity index (χ3n) is 6.67. The van der Waals surface area contributed by atoms with Gasteiger partial charge in [-0.05, 0) is 18.6 Å². The Morgan fingerprint density at radius 2 is 1.24 bits per heavy atom. The number of nitrogens with one attached hydrogen (secondary N) is 1. The summed E-state index contributed by atoms with van der Waals surface area (Å²) in [6.07, 6.45) is 18.5. The number of fused-ring (bicyclic) bond motifs is 1. The molecule has 208 valence electrons. The summed E-state index contributed by atoms with van der Waals surface area (Å²) in [6, 6.07) is 11.0. The molecule has 0 saturated carbocycles. The summed E-state index contributed by atoms with van der Waals surface area (Å²) >= 11 is 24.7. The second-order valence-electron chi connectivity index (χ2n) is 9.90. The number of ether oxygens (including phenoxy) is 1. The first-order chi connectivity index (χ1) is 17.8. The lowest BCUT2D eigenvalue weighted by molar-refractivity contribution is -0.123. The van der Waals surface area contributed by atoms with Crippen molar-refractivity contribution in [2.24, 2.45) is 0 Å². The van der Waals surface area contributed by atoms with Gasteiger partial charge in [0.15, 0.2) is 0 Å². The van der Waals surface area contributed by atoms with Crippen LogP contribution in [0.15, 0.2) is 36.4 Å². The van der Waals surface area contributed by atoms with E-state index >= 15 is 0 Å². The van der Waals surface area contributed by atoms with Crippen molar-refractivity contribution < 1.29 is 9.53 Å². The fourth-order valence-corrected chi connectivity index (χ4v) is 5.04. The molecule has 37 heavy (non-hydrogen) atoms. The monoisotopic (exact) mass is 589 g/mol. The summed E-state index contributed by atoms with van der Waals surface area (Å²) < 4.78 is 4.13. The molecule has 2 rings (SSSR count). The maximum atomic E-state index is 12.6. The van der Waals surface area contributed by atoms with Gasteiger partial charge in [0.05, 0.1) is 0 Å². The molecule has 3 nitrogen and oxygen atoms in total. The molecule has 7 heteroatoms. The quantitative estimate of drug-likeness (QED) is 0.100. The van der Waals surface area contributed by atoms with E-state index in [0.717, 1.165) is 30.0 Å². The van der Waals surface area contributed by atoms with Gasteiger partial charge in [0.1, 0.15) is 5.75 Å². The summed E-state index contributed by atoms with van der Waals surface area (Å²) in [4.78, 5) is 12.6. The fourth-order valence-electron chi connectivity index (χ4n) is 4.52. The van der Waals surface area contributed by atoms with Crippen LogP contribution in [0.2, 0.25) is 5.02 Å². The lowest BCUT2D eigenvalue weighted by Crippen LogP contribution is -2.47. The lowest BCUT2D eigenvalue weighted by Gasteiger charge is -2.27. The molecule has 0 aliphatic heterocycles. The van der Waals surface area contributed by atoms with Crippen molar-refractivity contribution in [3.8, 4) is 5.75 Å². The van der Waals surface area contributed by atoms with E-state index in [9.17, 15) is 4.79 Å². The summed E-state index contributed by atoms with van der Waals surface area (Å²) in [5.41, 5.74) is 0. The highest BCUT2D eigenvalue weighted by Gasteiger charge is 2.36. The number of hydrogen-bond acceptors (Lipinski definition) is 2. The van der Waals surface area contributed by atoms with Gasteiger partial charge >= 0.3 is 0 Å². The first-order valence-corrected chi connectivity index (χ1v) is 15.5. The van der Waals surface area contributed by atoms with E-state index in [1.165, 1.54) is 77.0 Å². The molecule has 0 aliphatic rings. The number of carbonyl (C=O) groups is 1. The molecule has 0 radical (unpaired) electrons. The molecule has 2 aromatic rings. The SMILES string of the molecule is CCCCCCCCCCCCCCCCCC(=O)NC(Oc1ccc(Cl)c2ccccc12)C(Cl)(Cl)Cl. The van der Waals surface area contributed by atoms with E-state index in [0.29, 0.717) is 17.2 Å². The number of carbonyl (C=O) groups excluding carboxylic acids is 1. The Morgan fingerprint density at radius 3 is 1.76 bits per heavy atom. The predicted octanol–water partition coefficient (Wildman–Crippen LogP) is 10.9. The minimum absolute atomic E-state index is 0.190. The molecular weight excluding hydrogens is 548 g/mol. The van der Waals surface area contributed by atoms with E-state index in [4.69, 9.17) is 51.1 Å². The fraction of sp³-hybridized carbons (Fsp3) is 0.633. The Labute approximate surface area is 243 Å². The molecule has 0 fully saturated rings. The van der Waals surface area contributed by atoms with Crippen molar-refractivity contribution in [1.82, 2.24) is 5.32 Å². The molecule has 1 N–H and O–H groups in total. The van der Waals surface area contributed by atoms with Gasteiger partial charge in [-0.3, -0.25) is 4.79 Å². The second-order valence-corrected chi connectivity index (χ2v) is 12.7. The Bertz CT molecular complexity index is 916. The number of alkyl halides is 3.